The molecule has 1 aliphatic rings. The molecule has 1 atom stereocenters. The Kier molecular flexibility index (Phi) is 3.23. The Morgan fingerprint density at radius 2 is 2.13 bits per heavy atom. The maximum absolute atomic E-state index is 9.05. The van der Waals surface area contributed by atoms with Gasteiger partial charge in [0.15, 0.2) is 0 Å². The van der Waals surface area contributed by atoms with Crippen LogP contribution in [0.4, 0.5) is 5.69 Å². The predicted octanol–water partition coefficient (Wildman–Crippen LogP) is 1.19. The van der Waals surface area contributed by atoms with Crippen LogP contribution in [0.5, 0.6) is 0 Å². The molecule has 0 spiro atoms. The van der Waals surface area contributed by atoms with Crippen molar-refractivity contribution in [1.82, 2.24) is 0 Å². The van der Waals surface area contributed by atoms with Crippen LogP contribution in [0, 0.1) is 6.92 Å². The molecule has 82 valence electrons. The highest BCUT2D eigenvalue weighted by molar-refractivity contribution is 5.47. The van der Waals surface area contributed by atoms with Crippen LogP contribution in [0.3, 0.4) is 0 Å². The molecule has 1 saturated heterocycles. The van der Waals surface area contributed by atoms with Crippen molar-refractivity contribution in [2.75, 3.05) is 31.2 Å². The summed E-state index contributed by atoms with van der Waals surface area (Å²) >= 11 is 0. The zero-order valence-electron chi connectivity index (χ0n) is 9.02. The van der Waals surface area contributed by atoms with Gasteiger partial charge in [-0.1, -0.05) is 17.7 Å². The average Bonchev–Trinajstić information content (AvgIpc) is 2.30. The minimum atomic E-state index is -0.0416. The van der Waals surface area contributed by atoms with E-state index in [0.717, 1.165) is 13.1 Å². The zero-order chi connectivity index (χ0) is 10.7. The van der Waals surface area contributed by atoms with Crippen molar-refractivity contribution < 1.29 is 9.84 Å². The molecule has 0 aliphatic carbocycles. The summed E-state index contributed by atoms with van der Waals surface area (Å²) in [7, 11) is 0. The molecule has 3 nitrogen and oxygen atoms in total. The maximum Gasteiger partial charge on any atom is 0.0980 e. The minimum Gasteiger partial charge on any atom is -0.394 e. The lowest BCUT2D eigenvalue weighted by molar-refractivity contribution is 0.00357. The highest BCUT2D eigenvalue weighted by Gasteiger charge is 2.19. The molecule has 0 unspecified atom stereocenters. The number of anilines is 1. The molecule has 0 aromatic heterocycles. The van der Waals surface area contributed by atoms with Gasteiger partial charge in [0, 0.05) is 18.8 Å². The topological polar surface area (TPSA) is 32.7 Å². The van der Waals surface area contributed by atoms with Gasteiger partial charge in [-0.25, -0.2) is 0 Å². The highest BCUT2D eigenvalue weighted by atomic mass is 16.5. The summed E-state index contributed by atoms with van der Waals surface area (Å²) in [5, 5.41) is 9.05. The molecule has 0 bridgehead atoms. The molecule has 15 heavy (non-hydrogen) atoms. The maximum atomic E-state index is 9.05. The molecule has 3 heteroatoms. The van der Waals surface area contributed by atoms with Crippen LogP contribution in [-0.4, -0.2) is 37.5 Å². The summed E-state index contributed by atoms with van der Waals surface area (Å²) in [6.45, 7) is 4.56. The first-order valence-electron chi connectivity index (χ1n) is 5.33. The zero-order valence-corrected chi connectivity index (χ0v) is 9.02. The molecule has 0 radical (unpaired) electrons. The number of hydrogen-bond donors (Lipinski definition) is 1. The number of benzene rings is 1. The number of aryl methyl sites for hydroxylation is 1. The number of aliphatic hydroxyl groups is 1. The van der Waals surface area contributed by atoms with Crippen molar-refractivity contribution in [3.8, 4) is 0 Å². The van der Waals surface area contributed by atoms with Gasteiger partial charge in [-0.05, 0) is 19.1 Å². The standard InChI is InChI=1S/C12H17NO2/c1-10-2-4-11(5-3-10)13-6-7-15-12(8-13)9-14/h2-5,12,14H,6-9H2,1H3/t12-/m1/s1. The lowest BCUT2D eigenvalue weighted by Crippen LogP contribution is -2.44. The second kappa shape index (κ2) is 4.64. The SMILES string of the molecule is Cc1ccc(N2CCO[C@@H](CO)C2)cc1. The van der Waals surface area contributed by atoms with Gasteiger partial charge in [-0.2, -0.15) is 0 Å². The van der Waals surface area contributed by atoms with E-state index in [1.54, 1.807) is 0 Å². The van der Waals surface area contributed by atoms with Gasteiger partial charge >= 0.3 is 0 Å². The fourth-order valence-electron chi connectivity index (χ4n) is 1.82. The molecule has 1 N–H and O–H groups in total. The van der Waals surface area contributed by atoms with E-state index >= 15 is 0 Å². The van der Waals surface area contributed by atoms with E-state index in [9.17, 15) is 0 Å². The van der Waals surface area contributed by atoms with Gasteiger partial charge in [0.05, 0.1) is 19.3 Å². The third-order valence-corrected chi connectivity index (χ3v) is 2.74. The van der Waals surface area contributed by atoms with Gasteiger partial charge in [0.2, 0.25) is 0 Å². The minimum absolute atomic E-state index is 0.0416. The third kappa shape index (κ3) is 2.49. The fourth-order valence-corrected chi connectivity index (χ4v) is 1.82. The summed E-state index contributed by atoms with van der Waals surface area (Å²) in [6.07, 6.45) is -0.0416. The summed E-state index contributed by atoms with van der Waals surface area (Å²) in [5.41, 5.74) is 2.48. The molecule has 0 amide bonds. The second-order valence-corrected chi connectivity index (χ2v) is 3.96. The van der Waals surface area contributed by atoms with E-state index in [-0.39, 0.29) is 12.7 Å². The van der Waals surface area contributed by atoms with Crippen LogP contribution in [0.25, 0.3) is 0 Å². The number of hydrogen-bond acceptors (Lipinski definition) is 3. The van der Waals surface area contributed by atoms with Crippen LogP contribution in [0.1, 0.15) is 5.56 Å². The van der Waals surface area contributed by atoms with Crippen molar-refractivity contribution in [2.45, 2.75) is 13.0 Å². The summed E-state index contributed by atoms with van der Waals surface area (Å²) in [5.74, 6) is 0. The van der Waals surface area contributed by atoms with Crippen molar-refractivity contribution in [1.29, 1.82) is 0 Å². The van der Waals surface area contributed by atoms with Gasteiger partial charge in [0.25, 0.3) is 0 Å². The fraction of sp³-hybridized carbons (Fsp3) is 0.500. The number of rotatable bonds is 2. The first-order valence-corrected chi connectivity index (χ1v) is 5.33. The van der Waals surface area contributed by atoms with Crippen molar-refractivity contribution in [3.63, 3.8) is 0 Å². The largest absolute Gasteiger partial charge is 0.394 e. The third-order valence-electron chi connectivity index (χ3n) is 2.74. The van der Waals surface area contributed by atoms with Crippen molar-refractivity contribution >= 4 is 5.69 Å². The monoisotopic (exact) mass is 207 g/mol. The molecule has 1 fully saturated rings. The Labute approximate surface area is 90.3 Å². The average molecular weight is 207 g/mol. The Morgan fingerprint density at radius 1 is 1.40 bits per heavy atom. The summed E-state index contributed by atoms with van der Waals surface area (Å²) in [4.78, 5) is 2.25. The summed E-state index contributed by atoms with van der Waals surface area (Å²) in [6, 6.07) is 8.46. The first-order chi connectivity index (χ1) is 7.29. The number of ether oxygens (including phenoxy) is 1. The van der Waals surface area contributed by atoms with E-state index < -0.39 is 0 Å². The molecule has 1 aromatic rings. The van der Waals surface area contributed by atoms with Crippen LogP contribution >= 0.6 is 0 Å². The van der Waals surface area contributed by atoms with Crippen LogP contribution in [0.15, 0.2) is 24.3 Å². The predicted molar refractivity (Wildman–Crippen MR) is 60.2 cm³/mol. The lowest BCUT2D eigenvalue weighted by Gasteiger charge is -2.33. The van der Waals surface area contributed by atoms with E-state index in [2.05, 4.69) is 36.1 Å². The van der Waals surface area contributed by atoms with Gasteiger partial charge in [-0.15, -0.1) is 0 Å². The van der Waals surface area contributed by atoms with Gasteiger partial charge < -0.3 is 14.7 Å². The number of morpholine rings is 1. The summed E-state index contributed by atoms with van der Waals surface area (Å²) < 4.78 is 5.41. The smallest absolute Gasteiger partial charge is 0.0980 e. The molecule has 1 heterocycles. The second-order valence-electron chi connectivity index (χ2n) is 3.96. The van der Waals surface area contributed by atoms with E-state index in [4.69, 9.17) is 9.84 Å². The quantitative estimate of drug-likeness (QED) is 0.790. The molecular formula is C12H17NO2. The van der Waals surface area contributed by atoms with E-state index in [1.165, 1.54) is 11.3 Å². The number of nitrogens with zero attached hydrogens (tertiary/aromatic N) is 1. The normalized spacial score (nSPS) is 21.7. The molecule has 2 rings (SSSR count). The van der Waals surface area contributed by atoms with Gasteiger partial charge in [0.1, 0.15) is 0 Å². The first kappa shape index (κ1) is 10.5. The number of aliphatic hydroxyl groups excluding tert-OH is 1. The Balaban J connectivity index is 2.06. The van der Waals surface area contributed by atoms with E-state index in [0.29, 0.717) is 6.61 Å². The lowest BCUT2D eigenvalue weighted by atomic mass is 10.2. The Bertz CT molecular complexity index is 310. The van der Waals surface area contributed by atoms with Crippen LogP contribution in [0.2, 0.25) is 0 Å². The van der Waals surface area contributed by atoms with Gasteiger partial charge in [-0.3, -0.25) is 0 Å². The Morgan fingerprint density at radius 3 is 2.80 bits per heavy atom. The van der Waals surface area contributed by atoms with Crippen LogP contribution in [-0.2, 0) is 4.74 Å². The molecular weight excluding hydrogens is 190 g/mol. The molecule has 1 aliphatic heterocycles. The van der Waals surface area contributed by atoms with Crippen LogP contribution < -0.4 is 4.90 Å². The highest BCUT2D eigenvalue weighted by Crippen LogP contribution is 2.18. The molecule has 0 saturated carbocycles. The van der Waals surface area contributed by atoms with Crippen molar-refractivity contribution in [3.05, 3.63) is 29.8 Å². The van der Waals surface area contributed by atoms with E-state index in [1.807, 2.05) is 0 Å². The Hall–Kier alpha value is -1.06. The van der Waals surface area contributed by atoms with Crippen molar-refractivity contribution in [2.24, 2.45) is 0 Å². The molecule has 1 aromatic carbocycles.